The van der Waals surface area contributed by atoms with Crippen LogP contribution in [0.15, 0.2) is 35.2 Å². The molecular formula is C16H14F2N2O4S. The molecule has 1 N–H and O–H groups in total. The third-order valence-electron chi connectivity index (χ3n) is 3.25. The molecule has 0 saturated heterocycles. The summed E-state index contributed by atoms with van der Waals surface area (Å²) in [5, 5.41) is 13.5. The van der Waals surface area contributed by atoms with Gasteiger partial charge >= 0.3 is 5.69 Å². The minimum Gasteiger partial charge on any atom is -0.490 e. The lowest BCUT2D eigenvalue weighted by molar-refractivity contribution is -0.385. The van der Waals surface area contributed by atoms with Gasteiger partial charge in [-0.1, -0.05) is 0 Å². The summed E-state index contributed by atoms with van der Waals surface area (Å²) in [5.74, 6) is -1.97. The summed E-state index contributed by atoms with van der Waals surface area (Å²) >= 11 is 0.914. The van der Waals surface area contributed by atoms with Gasteiger partial charge < -0.3 is 10.1 Å². The van der Waals surface area contributed by atoms with Gasteiger partial charge in [0.05, 0.1) is 17.8 Å². The van der Waals surface area contributed by atoms with E-state index in [1.807, 2.05) is 0 Å². The molecule has 132 valence electrons. The summed E-state index contributed by atoms with van der Waals surface area (Å²) in [5.41, 5.74) is 0.632. The van der Waals surface area contributed by atoms with Crippen LogP contribution in [0.1, 0.15) is 5.56 Å². The second-order valence-corrected chi connectivity index (χ2v) is 6.02. The number of hydrogen-bond acceptors (Lipinski definition) is 5. The first-order chi connectivity index (χ1) is 11.8. The van der Waals surface area contributed by atoms with Crippen LogP contribution in [0.4, 0.5) is 20.2 Å². The fourth-order valence-corrected chi connectivity index (χ4v) is 2.76. The smallest absolute Gasteiger partial charge is 0.311 e. The summed E-state index contributed by atoms with van der Waals surface area (Å²) in [4.78, 5) is 22.6. The van der Waals surface area contributed by atoms with E-state index in [1.54, 1.807) is 6.92 Å². The van der Waals surface area contributed by atoms with Gasteiger partial charge in [-0.25, -0.2) is 8.78 Å². The standard InChI is InChI=1S/C16H14F2N2O4S/c1-9-5-13(20(22)23)14(24-2)7-12(9)19-16(21)8-25-15-4-3-10(17)6-11(15)18/h3-7H,8H2,1-2H3,(H,19,21). The van der Waals surface area contributed by atoms with Gasteiger partial charge in [-0.05, 0) is 24.6 Å². The number of carbonyl (C=O) groups excluding carboxylic acids is 1. The van der Waals surface area contributed by atoms with E-state index in [0.717, 1.165) is 23.9 Å². The van der Waals surface area contributed by atoms with Crippen LogP contribution in [0.3, 0.4) is 0 Å². The van der Waals surface area contributed by atoms with Crippen molar-refractivity contribution in [2.45, 2.75) is 11.8 Å². The third kappa shape index (κ3) is 4.66. The molecule has 0 aliphatic heterocycles. The number of ether oxygens (including phenoxy) is 1. The monoisotopic (exact) mass is 368 g/mol. The van der Waals surface area contributed by atoms with Gasteiger partial charge in [-0.15, -0.1) is 11.8 Å². The molecule has 25 heavy (non-hydrogen) atoms. The van der Waals surface area contributed by atoms with Gasteiger partial charge in [-0.3, -0.25) is 14.9 Å². The van der Waals surface area contributed by atoms with E-state index in [0.29, 0.717) is 11.3 Å². The second kappa shape index (κ2) is 7.93. The Labute approximate surface area is 146 Å². The van der Waals surface area contributed by atoms with Crippen LogP contribution in [0.25, 0.3) is 0 Å². The zero-order valence-electron chi connectivity index (χ0n) is 13.3. The van der Waals surface area contributed by atoms with Crippen LogP contribution >= 0.6 is 11.8 Å². The van der Waals surface area contributed by atoms with Crippen molar-refractivity contribution in [1.29, 1.82) is 0 Å². The number of halogens is 2. The molecule has 0 unspecified atom stereocenters. The van der Waals surface area contributed by atoms with Crippen LogP contribution in [-0.4, -0.2) is 23.7 Å². The number of methoxy groups -OCH3 is 1. The maximum atomic E-state index is 13.5. The van der Waals surface area contributed by atoms with Crippen LogP contribution < -0.4 is 10.1 Å². The van der Waals surface area contributed by atoms with Gasteiger partial charge in [-0.2, -0.15) is 0 Å². The largest absolute Gasteiger partial charge is 0.490 e. The van der Waals surface area contributed by atoms with E-state index in [9.17, 15) is 23.7 Å². The number of aryl methyl sites for hydroxylation is 1. The van der Waals surface area contributed by atoms with Crippen molar-refractivity contribution in [2.75, 3.05) is 18.2 Å². The van der Waals surface area contributed by atoms with Gasteiger partial charge in [0.2, 0.25) is 5.91 Å². The first-order valence-electron chi connectivity index (χ1n) is 7.02. The van der Waals surface area contributed by atoms with Gasteiger partial charge in [0.15, 0.2) is 5.75 Å². The highest BCUT2D eigenvalue weighted by molar-refractivity contribution is 8.00. The highest BCUT2D eigenvalue weighted by Gasteiger charge is 2.18. The van der Waals surface area contributed by atoms with Gasteiger partial charge in [0.25, 0.3) is 0 Å². The number of nitro benzene ring substituents is 1. The fraction of sp³-hybridized carbons (Fsp3) is 0.188. The minimum absolute atomic E-state index is 0.0168. The SMILES string of the molecule is COc1cc(NC(=O)CSc2ccc(F)cc2F)c(C)cc1[N+](=O)[O-]. The molecule has 0 spiro atoms. The molecule has 0 saturated carbocycles. The van der Waals surface area contributed by atoms with Crippen molar-refractivity contribution in [2.24, 2.45) is 0 Å². The predicted octanol–water partition coefficient (Wildman–Crippen LogP) is 3.92. The quantitative estimate of drug-likeness (QED) is 0.475. The lowest BCUT2D eigenvalue weighted by Gasteiger charge is -2.11. The first kappa shape index (κ1) is 18.7. The van der Waals surface area contributed by atoms with Crippen molar-refractivity contribution < 1.29 is 23.2 Å². The number of amides is 1. The first-order valence-corrected chi connectivity index (χ1v) is 8.01. The van der Waals surface area contributed by atoms with E-state index in [1.165, 1.54) is 25.3 Å². The Balaban J connectivity index is 2.08. The molecule has 0 radical (unpaired) electrons. The Hall–Kier alpha value is -2.68. The van der Waals surface area contributed by atoms with Crippen molar-refractivity contribution in [3.05, 3.63) is 57.6 Å². The van der Waals surface area contributed by atoms with E-state index in [-0.39, 0.29) is 22.1 Å². The van der Waals surface area contributed by atoms with Crippen molar-refractivity contribution in [1.82, 2.24) is 0 Å². The average Bonchev–Trinajstić information content (AvgIpc) is 2.55. The number of thioether (sulfide) groups is 1. The minimum atomic E-state index is -0.744. The molecule has 0 bridgehead atoms. The summed E-state index contributed by atoms with van der Waals surface area (Å²) in [6, 6.07) is 5.75. The number of nitrogens with zero attached hydrogens (tertiary/aromatic N) is 1. The molecule has 0 aliphatic carbocycles. The Morgan fingerprint density at radius 3 is 2.64 bits per heavy atom. The van der Waals surface area contributed by atoms with Crippen molar-refractivity contribution in [3.63, 3.8) is 0 Å². The molecule has 6 nitrogen and oxygen atoms in total. The number of nitro groups is 1. The molecule has 1 amide bonds. The Kier molecular flexibility index (Phi) is 5.92. The zero-order valence-corrected chi connectivity index (χ0v) is 14.2. The molecule has 0 fully saturated rings. The topological polar surface area (TPSA) is 81.5 Å². The van der Waals surface area contributed by atoms with E-state index < -0.39 is 22.5 Å². The van der Waals surface area contributed by atoms with Crippen LogP contribution in [0.5, 0.6) is 5.75 Å². The summed E-state index contributed by atoms with van der Waals surface area (Å²) in [6.07, 6.45) is 0. The predicted molar refractivity (Wildman–Crippen MR) is 90.1 cm³/mol. The van der Waals surface area contributed by atoms with Gasteiger partial charge in [0, 0.05) is 28.8 Å². The van der Waals surface area contributed by atoms with E-state index >= 15 is 0 Å². The zero-order chi connectivity index (χ0) is 18.6. The molecule has 9 heteroatoms. The molecule has 0 atom stereocenters. The third-order valence-corrected chi connectivity index (χ3v) is 4.30. The summed E-state index contributed by atoms with van der Waals surface area (Å²) < 4.78 is 31.3. The molecule has 2 aromatic rings. The van der Waals surface area contributed by atoms with Crippen molar-refractivity contribution in [3.8, 4) is 5.75 Å². The molecule has 0 heterocycles. The molecule has 2 aromatic carbocycles. The number of anilines is 1. The molecule has 0 aliphatic rings. The summed E-state index contributed by atoms with van der Waals surface area (Å²) in [6.45, 7) is 1.61. The average molecular weight is 368 g/mol. The molecular weight excluding hydrogens is 354 g/mol. The number of rotatable bonds is 6. The fourth-order valence-electron chi connectivity index (χ4n) is 2.04. The van der Waals surface area contributed by atoms with Crippen LogP contribution in [0, 0.1) is 28.7 Å². The highest BCUT2D eigenvalue weighted by atomic mass is 32.2. The normalized spacial score (nSPS) is 10.4. The second-order valence-electron chi connectivity index (χ2n) is 5.01. The molecule has 2 rings (SSSR count). The maximum absolute atomic E-state index is 13.5. The number of benzene rings is 2. The Bertz CT molecular complexity index is 830. The number of hydrogen-bond donors (Lipinski definition) is 1. The lowest BCUT2D eigenvalue weighted by Crippen LogP contribution is -2.15. The molecule has 0 aromatic heterocycles. The van der Waals surface area contributed by atoms with Crippen molar-refractivity contribution >= 4 is 29.0 Å². The Morgan fingerprint density at radius 2 is 2.04 bits per heavy atom. The highest BCUT2D eigenvalue weighted by Crippen LogP contribution is 2.33. The van der Waals surface area contributed by atoms with Gasteiger partial charge in [0.1, 0.15) is 11.6 Å². The number of nitrogens with one attached hydrogen (secondary N) is 1. The number of carbonyl (C=O) groups is 1. The Morgan fingerprint density at radius 1 is 1.32 bits per heavy atom. The van der Waals surface area contributed by atoms with Crippen LogP contribution in [0.2, 0.25) is 0 Å². The van der Waals surface area contributed by atoms with E-state index in [2.05, 4.69) is 5.32 Å². The van der Waals surface area contributed by atoms with Crippen LogP contribution in [-0.2, 0) is 4.79 Å². The maximum Gasteiger partial charge on any atom is 0.311 e. The summed E-state index contributed by atoms with van der Waals surface area (Å²) in [7, 11) is 1.29. The lowest BCUT2D eigenvalue weighted by atomic mass is 10.1. The van der Waals surface area contributed by atoms with E-state index in [4.69, 9.17) is 4.74 Å².